The van der Waals surface area contributed by atoms with Gasteiger partial charge in [0.05, 0.1) is 17.6 Å². The van der Waals surface area contributed by atoms with Crippen LogP contribution in [0.25, 0.3) is 5.69 Å². The predicted molar refractivity (Wildman–Crippen MR) is 66.6 cm³/mol. The number of halogens is 2. The number of hydrogen-bond acceptors (Lipinski definition) is 2. The van der Waals surface area contributed by atoms with Gasteiger partial charge in [0.1, 0.15) is 11.5 Å². The Kier molecular flexibility index (Phi) is 2.84. The molecule has 1 aromatic heterocycles. The number of nitrogens with zero attached hydrogens (tertiary/aromatic N) is 2. The van der Waals surface area contributed by atoms with Gasteiger partial charge in [-0.1, -0.05) is 20.8 Å². The number of benzene rings is 1. The molecule has 0 unspecified atom stereocenters. The zero-order valence-electron chi connectivity index (χ0n) is 10.5. The summed E-state index contributed by atoms with van der Waals surface area (Å²) in [5, 5.41) is 4.27. The van der Waals surface area contributed by atoms with E-state index in [0.717, 1.165) is 6.07 Å². The largest absolute Gasteiger partial charge is 0.396 e. The minimum Gasteiger partial charge on any atom is -0.396 e. The van der Waals surface area contributed by atoms with Crippen molar-refractivity contribution in [2.24, 2.45) is 0 Å². The van der Waals surface area contributed by atoms with Crippen LogP contribution in [0.1, 0.15) is 26.5 Å². The first-order valence-corrected chi connectivity index (χ1v) is 5.60. The minimum atomic E-state index is -0.669. The van der Waals surface area contributed by atoms with Crippen LogP contribution >= 0.6 is 0 Å². The Morgan fingerprint density at radius 1 is 1.22 bits per heavy atom. The molecule has 1 aromatic carbocycles. The van der Waals surface area contributed by atoms with Gasteiger partial charge in [0, 0.05) is 11.5 Å². The molecule has 5 heteroatoms. The lowest BCUT2D eigenvalue weighted by Gasteiger charge is -2.15. The fourth-order valence-electron chi connectivity index (χ4n) is 1.76. The number of nitrogens with two attached hydrogens (primary N) is 1. The summed E-state index contributed by atoms with van der Waals surface area (Å²) in [4.78, 5) is 0. The van der Waals surface area contributed by atoms with Crippen molar-refractivity contribution >= 4 is 5.69 Å². The van der Waals surface area contributed by atoms with Gasteiger partial charge in [-0.15, -0.1) is 0 Å². The lowest BCUT2D eigenvalue weighted by Crippen LogP contribution is -2.14. The van der Waals surface area contributed by atoms with Crippen LogP contribution in [0.15, 0.2) is 24.4 Å². The summed E-state index contributed by atoms with van der Waals surface area (Å²) in [5.74, 6) is -1.29. The van der Waals surface area contributed by atoms with Gasteiger partial charge in [-0.25, -0.2) is 13.5 Å². The van der Waals surface area contributed by atoms with Crippen molar-refractivity contribution in [1.29, 1.82) is 0 Å². The molecule has 18 heavy (non-hydrogen) atoms. The summed E-state index contributed by atoms with van der Waals surface area (Å²) in [6.07, 6.45) is 1.54. The SMILES string of the molecule is CC(C)(C)c1nn(-c2ccc(F)cc2F)cc1N. The van der Waals surface area contributed by atoms with Crippen molar-refractivity contribution in [2.45, 2.75) is 26.2 Å². The minimum absolute atomic E-state index is 0.179. The van der Waals surface area contributed by atoms with Crippen molar-refractivity contribution in [1.82, 2.24) is 9.78 Å². The highest BCUT2D eigenvalue weighted by molar-refractivity contribution is 5.47. The van der Waals surface area contributed by atoms with Gasteiger partial charge < -0.3 is 5.73 Å². The molecule has 0 amide bonds. The molecule has 0 aliphatic rings. The Hall–Kier alpha value is -1.91. The summed E-state index contributed by atoms with van der Waals surface area (Å²) in [6.45, 7) is 5.91. The highest BCUT2D eigenvalue weighted by atomic mass is 19.1. The van der Waals surface area contributed by atoms with Crippen LogP contribution in [0.4, 0.5) is 14.5 Å². The molecule has 0 bridgehead atoms. The van der Waals surface area contributed by atoms with Crippen LogP contribution in [-0.4, -0.2) is 9.78 Å². The number of anilines is 1. The molecule has 0 saturated carbocycles. The van der Waals surface area contributed by atoms with E-state index in [9.17, 15) is 8.78 Å². The van der Waals surface area contributed by atoms with Crippen LogP contribution < -0.4 is 5.73 Å². The highest BCUT2D eigenvalue weighted by Gasteiger charge is 2.22. The molecule has 0 fully saturated rings. The second-order valence-corrected chi connectivity index (χ2v) is 5.22. The van der Waals surface area contributed by atoms with E-state index in [4.69, 9.17) is 5.73 Å². The zero-order chi connectivity index (χ0) is 13.5. The fourth-order valence-corrected chi connectivity index (χ4v) is 1.76. The van der Waals surface area contributed by atoms with Crippen LogP contribution in [0.3, 0.4) is 0 Å². The van der Waals surface area contributed by atoms with E-state index in [1.165, 1.54) is 23.0 Å². The molecular weight excluding hydrogens is 236 g/mol. The van der Waals surface area contributed by atoms with E-state index in [-0.39, 0.29) is 11.1 Å². The van der Waals surface area contributed by atoms with Crippen molar-refractivity contribution in [3.05, 3.63) is 41.7 Å². The number of rotatable bonds is 1. The topological polar surface area (TPSA) is 43.8 Å². The number of nitrogen functional groups attached to an aromatic ring is 1. The summed E-state index contributed by atoms with van der Waals surface area (Å²) in [5.41, 5.74) is 6.99. The molecule has 0 aliphatic heterocycles. The molecule has 96 valence electrons. The van der Waals surface area contributed by atoms with Crippen molar-refractivity contribution in [3.63, 3.8) is 0 Å². The molecule has 0 radical (unpaired) electrons. The standard InChI is InChI=1S/C13H15F2N3/c1-13(2,3)12-10(16)7-18(17-12)11-5-4-8(14)6-9(11)15/h4-7H,16H2,1-3H3. The first-order chi connectivity index (χ1) is 8.29. The molecule has 0 saturated heterocycles. The quantitative estimate of drug-likeness (QED) is 0.846. The maximum atomic E-state index is 13.6. The predicted octanol–water partition coefficient (Wildman–Crippen LogP) is 3.03. The first kappa shape index (κ1) is 12.5. The van der Waals surface area contributed by atoms with Crippen LogP contribution in [0, 0.1) is 11.6 Å². The summed E-state index contributed by atoms with van der Waals surface area (Å²) in [6, 6.07) is 3.35. The van der Waals surface area contributed by atoms with E-state index in [1.54, 1.807) is 0 Å². The third kappa shape index (κ3) is 2.20. The summed E-state index contributed by atoms with van der Waals surface area (Å²) in [7, 11) is 0. The van der Waals surface area contributed by atoms with Crippen LogP contribution in [0.2, 0.25) is 0 Å². The monoisotopic (exact) mass is 251 g/mol. The molecular formula is C13H15F2N3. The average Bonchev–Trinajstić information content (AvgIpc) is 2.59. The van der Waals surface area contributed by atoms with Gasteiger partial charge in [0.25, 0.3) is 0 Å². The van der Waals surface area contributed by atoms with Crippen LogP contribution in [-0.2, 0) is 5.41 Å². The average molecular weight is 251 g/mol. The first-order valence-electron chi connectivity index (χ1n) is 5.60. The van der Waals surface area contributed by atoms with Gasteiger partial charge in [0.2, 0.25) is 0 Å². The summed E-state index contributed by atoms with van der Waals surface area (Å²) < 4.78 is 27.8. The number of hydrogen-bond donors (Lipinski definition) is 1. The van der Waals surface area contributed by atoms with Gasteiger partial charge >= 0.3 is 0 Å². The molecule has 0 atom stereocenters. The highest BCUT2D eigenvalue weighted by Crippen LogP contribution is 2.27. The third-order valence-corrected chi connectivity index (χ3v) is 2.61. The van der Waals surface area contributed by atoms with Gasteiger partial charge in [-0.3, -0.25) is 0 Å². The molecule has 2 N–H and O–H groups in total. The maximum absolute atomic E-state index is 13.6. The van der Waals surface area contributed by atoms with E-state index in [0.29, 0.717) is 11.4 Å². The molecule has 2 rings (SSSR count). The lowest BCUT2D eigenvalue weighted by molar-refractivity contribution is 0.551. The molecule has 0 spiro atoms. The lowest BCUT2D eigenvalue weighted by atomic mass is 9.92. The Balaban J connectivity index is 2.53. The normalized spacial score (nSPS) is 11.8. The van der Waals surface area contributed by atoms with Crippen molar-refractivity contribution in [2.75, 3.05) is 5.73 Å². The Bertz CT molecular complexity index is 582. The number of aromatic nitrogens is 2. The second-order valence-electron chi connectivity index (χ2n) is 5.22. The van der Waals surface area contributed by atoms with E-state index < -0.39 is 11.6 Å². The zero-order valence-corrected chi connectivity index (χ0v) is 10.5. The van der Waals surface area contributed by atoms with Crippen LogP contribution in [0.5, 0.6) is 0 Å². The van der Waals surface area contributed by atoms with E-state index in [2.05, 4.69) is 5.10 Å². The Labute approximate surface area is 104 Å². The Morgan fingerprint density at radius 3 is 2.39 bits per heavy atom. The van der Waals surface area contributed by atoms with Crippen molar-refractivity contribution < 1.29 is 8.78 Å². The van der Waals surface area contributed by atoms with E-state index in [1.807, 2.05) is 20.8 Å². The third-order valence-electron chi connectivity index (χ3n) is 2.61. The second kappa shape index (κ2) is 4.08. The van der Waals surface area contributed by atoms with Gasteiger partial charge in [-0.05, 0) is 12.1 Å². The van der Waals surface area contributed by atoms with E-state index >= 15 is 0 Å². The fraction of sp³-hybridized carbons (Fsp3) is 0.308. The smallest absolute Gasteiger partial charge is 0.151 e. The molecule has 3 nitrogen and oxygen atoms in total. The van der Waals surface area contributed by atoms with Crippen molar-refractivity contribution in [3.8, 4) is 5.69 Å². The maximum Gasteiger partial charge on any atom is 0.151 e. The molecule has 0 aliphatic carbocycles. The van der Waals surface area contributed by atoms with Gasteiger partial charge in [-0.2, -0.15) is 5.10 Å². The summed E-state index contributed by atoms with van der Waals surface area (Å²) >= 11 is 0. The van der Waals surface area contributed by atoms with Gasteiger partial charge in [0.15, 0.2) is 5.82 Å². The molecule has 1 heterocycles. The Morgan fingerprint density at radius 2 is 1.89 bits per heavy atom. The molecule has 2 aromatic rings.